The molecule has 2 atom stereocenters. The largest absolute Gasteiger partial charge is 0.488 e. The Hall–Kier alpha value is -2.83. The molecule has 1 amide bonds. The molecule has 0 aliphatic carbocycles. The van der Waals surface area contributed by atoms with Gasteiger partial charge in [-0.05, 0) is 39.0 Å². The number of benzene rings is 1. The van der Waals surface area contributed by atoms with Gasteiger partial charge in [-0.15, -0.1) is 0 Å². The molecule has 0 radical (unpaired) electrons. The van der Waals surface area contributed by atoms with Crippen molar-refractivity contribution in [3.63, 3.8) is 0 Å². The average molecular weight is 358 g/mol. The summed E-state index contributed by atoms with van der Waals surface area (Å²) < 4.78 is 11.4. The maximum Gasteiger partial charge on any atom is 0.411 e. The van der Waals surface area contributed by atoms with Crippen LogP contribution in [-0.2, 0) is 9.53 Å². The second kappa shape index (κ2) is 6.82. The Morgan fingerprint density at radius 3 is 2.65 bits per heavy atom. The van der Waals surface area contributed by atoms with Gasteiger partial charge in [0.2, 0.25) is 0 Å². The lowest BCUT2D eigenvalue weighted by Gasteiger charge is -2.26. The SMILES string of the molecule is CC(C)(C)OC(=O)N1CC(Oc2ccnc3ccccc23)CC1C(=O)O. The summed E-state index contributed by atoms with van der Waals surface area (Å²) in [5, 5.41) is 10.3. The first-order valence-corrected chi connectivity index (χ1v) is 8.47. The lowest BCUT2D eigenvalue weighted by molar-refractivity contribution is -0.142. The van der Waals surface area contributed by atoms with Crippen molar-refractivity contribution < 1.29 is 24.2 Å². The van der Waals surface area contributed by atoms with Gasteiger partial charge in [0.15, 0.2) is 0 Å². The first kappa shape index (κ1) is 18.0. The first-order chi connectivity index (χ1) is 12.2. The molecule has 2 unspecified atom stereocenters. The molecule has 7 heteroatoms. The van der Waals surface area contributed by atoms with E-state index in [1.807, 2.05) is 24.3 Å². The summed E-state index contributed by atoms with van der Waals surface area (Å²) >= 11 is 0. The minimum Gasteiger partial charge on any atom is -0.488 e. The smallest absolute Gasteiger partial charge is 0.411 e. The summed E-state index contributed by atoms with van der Waals surface area (Å²) in [5.41, 5.74) is 0.0992. The van der Waals surface area contributed by atoms with E-state index in [1.54, 1.807) is 33.0 Å². The van der Waals surface area contributed by atoms with Gasteiger partial charge in [0.1, 0.15) is 23.5 Å². The van der Waals surface area contributed by atoms with E-state index in [1.165, 1.54) is 4.90 Å². The van der Waals surface area contributed by atoms with Crippen molar-refractivity contribution in [2.24, 2.45) is 0 Å². The minimum absolute atomic E-state index is 0.155. The second-order valence-corrected chi connectivity index (χ2v) is 7.29. The summed E-state index contributed by atoms with van der Waals surface area (Å²) in [6, 6.07) is 8.33. The first-order valence-electron chi connectivity index (χ1n) is 8.47. The molecular formula is C19H22N2O5. The number of carboxylic acids is 1. The van der Waals surface area contributed by atoms with Crippen LogP contribution in [0.2, 0.25) is 0 Å². The Morgan fingerprint density at radius 1 is 1.23 bits per heavy atom. The van der Waals surface area contributed by atoms with Crippen LogP contribution in [0.25, 0.3) is 10.9 Å². The van der Waals surface area contributed by atoms with Gasteiger partial charge in [-0.25, -0.2) is 9.59 Å². The Balaban J connectivity index is 1.79. The van der Waals surface area contributed by atoms with Gasteiger partial charge in [-0.1, -0.05) is 12.1 Å². The van der Waals surface area contributed by atoms with Crippen LogP contribution < -0.4 is 4.74 Å². The maximum absolute atomic E-state index is 12.4. The summed E-state index contributed by atoms with van der Waals surface area (Å²) in [6.07, 6.45) is 0.767. The molecule has 26 heavy (non-hydrogen) atoms. The maximum atomic E-state index is 12.4. The van der Waals surface area contributed by atoms with E-state index >= 15 is 0 Å². The Morgan fingerprint density at radius 2 is 1.96 bits per heavy atom. The number of amides is 1. The number of aromatic nitrogens is 1. The van der Waals surface area contributed by atoms with Crippen molar-refractivity contribution in [2.45, 2.75) is 44.9 Å². The van der Waals surface area contributed by atoms with E-state index in [2.05, 4.69) is 4.98 Å². The van der Waals surface area contributed by atoms with Gasteiger partial charge in [0.25, 0.3) is 0 Å². The third-order valence-corrected chi connectivity index (χ3v) is 4.08. The molecule has 0 spiro atoms. The highest BCUT2D eigenvalue weighted by atomic mass is 16.6. The van der Waals surface area contributed by atoms with Gasteiger partial charge in [-0.3, -0.25) is 9.88 Å². The van der Waals surface area contributed by atoms with Crippen molar-refractivity contribution in [3.8, 4) is 5.75 Å². The van der Waals surface area contributed by atoms with E-state index in [0.717, 1.165) is 10.9 Å². The quantitative estimate of drug-likeness (QED) is 0.907. The van der Waals surface area contributed by atoms with E-state index in [9.17, 15) is 14.7 Å². The zero-order valence-corrected chi connectivity index (χ0v) is 15.0. The van der Waals surface area contributed by atoms with E-state index in [4.69, 9.17) is 9.47 Å². The highest BCUT2D eigenvalue weighted by Gasteiger charge is 2.42. The highest BCUT2D eigenvalue weighted by molar-refractivity contribution is 5.85. The zero-order valence-electron chi connectivity index (χ0n) is 15.0. The molecule has 2 aromatic rings. The fourth-order valence-corrected chi connectivity index (χ4v) is 2.99. The van der Waals surface area contributed by atoms with Crippen molar-refractivity contribution in [1.29, 1.82) is 0 Å². The second-order valence-electron chi connectivity index (χ2n) is 7.29. The predicted molar refractivity (Wildman–Crippen MR) is 95.1 cm³/mol. The molecule has 138 valence electrons. The molecule has 7 nitrogen and oxygen atoms in total. The molecule has 1 aromatic heterocycles. The molecule has 1 aliphatic heterocycles. The van der Waals surface area contributed by atoms with Gasteiger partial charge >= 0.3 is 12.1 Å². The highest BCUT2D eigenvalue weighted by Crippen LogP contribution is 2.29. The lowest BCUT2D eigenvalue weighted by Crippen LogP contribution is -2.43. The fourth-order valence-electron chi connectivity index (χ4n) is 2.99. The minimum atomic E-state index is -1.07. The molecule has 1 aliphatic rings. The van der Waals surface area contributed by atoms with Gasteiger partial charge < -0.3 is 14.6 Å². The number of carboxylic acid groups (broad SMARTS) is 1. The summed E-state index contributed by atoms with van der Waals surface area (Å²) in [6.45, 7) is 5.39. The number of nitrogens with zero attached hydrogens (tertiary/aromatic N) is 2. The third-order valence-electron chi connectivity index (χ3n) is 4.08. The number of aliphatic carboxylic acids is 1. The van der Waals surface area contributed by atoms with Crippen LogP contribution in [0.5, 0.6) is 5.75 Å². The van der Waals surface area contributed by atoms with Crippen LogP contribution in [0.15, 0.2) is 36.5 Å². The topological polar surface area (TPSA) is 89.0 Å². The van der Waals surface area contributed by atoms with Crippen molar-refractivity contribution in [1.82, 2.24) is 9.88 Å². The van der Waals surface area contributed by atoms with Crippen molar-refractivity contribution in [2.75, 3.05) is 6.54 Å². The van der Waals surface area contributed by atoms with E-state index < -0.39 is 29.8 Å². The Labute approximate surface area is 151 Å². The Bertz CT molecular complexity index is 825. The molecule has 1 fully saturated rings. The van der Waals surface area contributed by atoms with Crippen LogP contribution >= 0.6 is 0 Å². The zero-order chi connectivity index (χ0) is 18.9. The number of para-hydroxylation sites is 1. The molecule has 1 saturated heterocycles. The van der Waals surface area contributed by atoms with Crippen LogP contribution in [-0.4, -0.2) is 51.3 Å². The monoisotopic (exact) mass is 358 g/mol. The molecule has 0 bridgehead atoms. The number of rotatable bonds is 3. The standard InChI is InChI=1S/C19H22N2O5/c1-19(2,3)26-18(24)21-11-12(10-15(21)17(22)23)25-16-8-9-20-14-7-5-4-6-13(14)16/h4-9,12,15H,10-11H2,1-3H3,(H,22,23). The van der Waals surface area contributed by atoms with Crippen LogP contribution in [0.3, 0.4) is 0 Å². The van der Waals surface area contributed by atoms with Crippen LogP contribution in [0, 0.1) is 0 Å². The van der Waals surface area contributed by atoms with E-state index in [0.29, 0.717) is 5.75 Å². The number of hydrogen-bond donors (Lipinski definition) is 1. The van der Waals surface area contributed by atoms with E-state index in [-0.39, 0.29) is 13.0 Å². The van der Waals surface area contributed by atoms with Crippen molar-refractivity contribution >= 4 is 23.0 Å². The van der Waals surface area contributed by atoms with Crippen molar-refractivity contribution in [3.05, 3.63) is 36.5 Å². The molecule has 2 heterocycles. The number of carbonyl (C=O) groups excluding carboxylic acids is 1. The summed E-state index contributed by atoms with van der Waals surface area (Å²) in [7, 11) is 0. The van der Waals surface area contributed by atoms with Crippen LogP contribution in [0.4, 0.5) is 4.79 Å². The molecule has 3 rings (SSSR count). The average Bonchev–Trinajstić information content (AvgIpc) is 2.98. The third kappa shape index (κ3) is 3.87. The normalized spacial score (nSPS) is 20.2. The molecule has 1 aromatic carbocycles. The molecular weight excluding hydrogens is 336 g/mol. The van der Waals surface area contributed by atoms with Gasteiger partial charge in [0, 0.05) is 18.0 Å². The Kier molecular flexibility index (Phi) is 4.71. The molecule has 0 saturated carbocycles. The fraction of sp³-hybridized carbons (Fsp3) is 0.421. The number of fused-ring (bicyclic) bond motifs is 1. The summed E-state index contributed by atoms with van der Waals surface area (Å²) in [4.78, 5) is 29.4. The number of likely N-dealkylation sites (tertiary alicyclic amines) is 1. The van der Waals surface area contributed by atoms with Gasteiger partial charge in [-0.2, -0.15) is 0 Å². The summed E-state index contributed by atoms with van der Waals surface area (Å²) in [5.74, 6) is -0.447. The number of ether oxygens (including phenoxy) is 2. The lowest BCUT2D eigenvalue weighted by atomic mass is 10.2. The van der Waals surface area contributed by atoms with Crippen LogP contribution in [0.1, 0.15) is 27.2 Å². The number of hydrogen-bond acceptors (Lipinski definition) is 5. The predicted octanol–water partition coefficient (Wildman–Crippen LogP) is 3.08. The van der Waals surface area contributed by atoms with Gasteiger partial charge in [0.05, 0.1) is 12.1 Å². The number of carbonyl (C=O) groups is 2. The molecule has 1 N–H and O–H groups in total. The number of pyridine rings is 1.